The van der Waals surface area contributed by atoms with E-state index in [1.54, 1.807) is 0 Å². The molecule has 0 fully saturated rings. The summed E-state index contributed by atoms with van der Waals surface area (Å²) in [6.07, 6.45) is 5.78. The number of terminal acetylenes is 1. The van der Waals surface area contributed by atoms with Crippen molar-refractivity contribution in [1.29, 1.82) is 0 Å². The minimum absolute atomic E-state index is 0.262. The van der Waals surface area contributed by atoms with Crippen LogP contribution in [-0.2, 0) is 11.3 Å². The lowest BCUT2D eigenvalue weighted by Gasteiger charge is -2.17. The molecule has 0 bridgehead atoms. The van der Waals surface area contributed by atoms with Gasteiger partial charge < -0.3 is 4.74 Å². The van der Waals surface area contributed by atoms with E-state index in [0.29, 0.717) is 12.2 Å². The van der Waals surface area contributed by atoms with E-state index in [0.717, 1.165) is 19.6 Å². The predicted octanol–water partition coefficient (Wildman–Crippen LogP) is 2.85. The first-order valence-corrected chi connectivity index (χ1v) is 6.65. The first-order chi connectivity index (χ1) is 9.19. The highest BCUT2D eigenvalue weighted by atomic mass is 16.5. The van der Waals surface area contributed by atoms with Gasteiger partial charge in [0.15, 0.2) is 0 Å². The van der Waals surface area contributed by atoms with Crippen molar-refractivity contribution in [3.8, 4) is 18.1 Å². The summed E-state index contributed by atoms with van der Waals surface area (Å²) in [6, 6.07) is 7.63. The van der Waals surface area contributed by atoms with Crippen LogP contribution in [0, 0.1) is 12.3 Å². The van der Waals surface area contributed by atoms with E-state index in [-0.39, 0.29) is 12.4 Å². The van der Waals surface area contributed by atoms with Crippen LogP contribution in [0.5, 0.6) is 5.75 Å². The molecule has 0 atom stereocenters. The fraction of sp³-hybridized carbons (Fsp3) is 0.438. The van der Waals surface area contributed by atoms with Gasteiger partial charge in [0.1, 0.15) is 5.75 Å². The smallest absolute Gasteiger partial charge is 0.312 e. The second-order valence-electron chi connectivity index (χ2n) is 4.28. The minimum Gasteiger partial charge on any atom is -0.427 e. The fourth-order valence-electron chi connectivity index (χ4n) is 1.73. The Balaban J connectivity index is 2.52. The molecular formula is C16H21NO2. The molecule has 0 aromatic heterocycles. The molecule has 0 aliphatic heterocycles. The largest absolute Gasteiger partial charge is 0.427 e. The number of nitrogens with zero attached hydrogens (tertiary/aromatic N) is 1. The van der Waals surface area contributed by atoms with Gasteiger partial charge in [-0.3, -0.25) is 9.69 Å². The normalized spacial score (nSPS) is 10.2. The van der Waals surface area contributed by atoms with E-state index in [9.17, 15) is 4.79 Å². The molecule has 0 unspecified atom stereocenters. The molecule has 3 nitrogen and oxygen atoms in total. The van der Waals surface area contributed by atoms with Crippen molar-refractivity contribution in [3.63, 3.8) is 0 Å². The lowest BCUT2D eigenvalue weighted by atomic mass is 10.2. The number of carbonyl (C=O) groups excluding carboxylic acids is 1. The molecule has 0 aliphatic carbocycles. The average Bonchev–Trinajstić information content (AvgIpc) is 2.44. The third kappa shape index (κ3) is 5.58. The SMILES string of the molecule is C#CCCC(=O)Oc1ccc(CN(CC)CC)cc1. The molecule has 0 amide bonds. The number of esters is 1. The van der Waals surface area contributed by atoms with Gasteiger partial charge in [0.2, 0.25) is 0 Å². The van der Waals surface area contributed by atoms with Gasteiger partial charge in [0, 0.05) is 13.0 Å². The highest BCUT2D eigenvalue weighted by molar-refractivity contribution is 5.72. The summed E-state index contributed by atoms with van der Waals surface area (Å²) in [5.74, 6) is 2.71. The van der Waals surface area contributed by atoms with E-state index in [1.807, 2.05) is 24.3 Å². The van der Waals surface area contributed by atoms with Gasteiger partial charge >= 0.3 is 5.97 Å². The van der Waals surface area contributed by atoms with Crippen LogP contribution in [-0.4, -0.2) is 24.0 Å². The summed E-state index contributed by atoms with van der Waals surface area (Å²) >= 11 is 0. The number of carbonyl (C=O) groups is 1. The van der Waals surface area contributed by atoms with Gasteiger partial charge in [-0.15, -0.1) is 12.3 Å². The first-order valence-electron chi connectivity index (χ1n) is 6.65. The van der Waals surface area contributed by atoms with Crippen LogP contribution in [0.3, 0.4) is 0 Å². The van der Waals surface area contributed by atoms with Crippen molar-refractivity contribution in [1.82, 2.24) is 4.90 Å². The number of benzene rings is 1. The van der Waals surface area contributed by atoms with Crippen LogP contribution >= 0.6 is 0 Å². The molecule has 0 heterocycles. The Labute approximate surface area is 115 Å². The Bertz CT molecular complexity index is 427. The number of ether oxygens (including phenoxy) is 1. The van der Waals surface area contributed by atoms with Crippen molar-refractivity contribution in [2.75, 3.05) is 13.1 Å². The molecule has 0 saturated heterocycles. The number of rotatable bonds is 7. The standard InChI is InChI=1S/C16H21NO2/c1-4-7-8-16(18)19-15-11-9-14(10-12-15)13-17(5-2)6-3/h1,9-12H,5-8,13H2,2-3H3. The van der Waals surface area contributed by atoms with Gasteiger partial charge in [-0.2, -0.15) is 0 Å². The van der Waals surface area contributed by atoms with E-state index in [2.05, 4.69) is 24.7 Å². The second-order valence-corrected chi connectivity index (χ2v) is 4.28. The van der Waals surface area contributed by atoms with Crippen molar-refractivity contribution < 1.29 is 9.53 Å². The Morgan fingerprint density at radius 2 is 1.89 bits per heavy atom. The van der Waals surface area contributed by atoms with Gasteiger partial charge in [-0.05, 0) is 30.8 Å². The summed E-state index contributed by atoms with van der Waals surface area (Å²) in [7, 11) is 0. The zero-order chi connectivity index (χ0) is 14.1. The Hall–Kier alpha value is -1.79. The summed E-state index contributed by atoms with van der Waals surface area (Å²) in [5, 5.41) is 0. The Morgan fingerprint density at radius 3 is 2.42 bits per heavy atom. The molecule has 0 spiro atoms. The molecule has 1 rings (SSSR count). The summed E-state index contributed by atoms with van der Waals surface area (Å²) in [6.45, 7) is 7.26. The van der Waals surface area contributed by atoms with Gasteiger partial charge in [-0.1, -0.05) is 26.0 Å². The molecule has 3 heteroatoms. The molecule has 19 heavy (non-hydrogen) atoms. The average molecular weight is 259 g/mol. The highest BCUT2D eigenvalue weighted by Crippen LogP contribution is 2.14. The topological polar surface area (TPSA) is 29.5 Å². The zero-order valence-electron chi connectivity index (χ0n) is 11.7. The lowest BCUT2D eigenvalue weighted by Crippen LogP contribution is -2.22. The van der Waals surface area contributed by atoms with Gasteiger partial charge in [0.25, 0.3) is 0 Å². The molecular weight excluding hydrogens is 238 g/mol. The number of hydrogen-bond donors (Lipinski definition) is 0. The van der Waals surface area contributed by atoms with Crippen LogP contribution in [0.25, 0.3) is 0 Å². The molecule has 0 saturated carbocycles. The fourth-order valence-corrected chi connectivity index (χ4v) is 1.73. The molecule has 0 radical (unpaired) electrons. The summed E-state index contributed by atoms with van der Waals surface area (Å²) < 4.78 is 5.18. The molecule has 1 aromatic carbocycles. The zero-order valence-corrected chi connectivity index (χ0v) is 11.7. The van der Waals surface area contributed by atoms with Gasteiger partial charge in [-0.25, -0.2) is 0 Å². The van der Waals surface area contributed by atoms with Crippen LogP contribution in [0.2, 0.25) is 0 Å². The molecule has 0 aliphatic rings. The molecule has 0 N–H and O–H groups in total. The van der Waals surface area contributed by atoms with Crippen LogP contribution in [0.15, 0.2) is 24.3 Å². The van der Waals surface area contributed by atoms with E-state index >= 15 is 0 Å². The minimum atomic E-state index is -0.283. The Kier molecular flexibility index (Phi) is 6.70. The molecule has 1 aromatic rings. The monoisotopic (exact) mass is 259 g/mol. The van der Waals surface area contributed by atoms with E-state index in [1.165, 1.54) is 5.56 Å². The van der Waals surface area contributed by atoms with Crippen molar-refractivity contribution in [2.45, 2.75) is 33.2 Å². The number of hydrogen-bond acceptors (Lipinski definition) is 3. The molecule has 102 valence electrons. The predicted molar refractivity (Wildman–Crippen MR) is 76.8 cm³/mol. The van der Waals surface area contributed by atoms with Crippen molar-refractivity contribution >= 4 is 5.97 Å². The first kappa shape index (κ1) is 15.3. The second kappa shape index (κ2) is 8.34. The van der Waals surface area contributed by atoms with Crippen molar-refractivity contribution in [2.24, 2.45) is 0 Å². The van der Waals surface area contributed by atoms with Crippen LogP contribution < -0.4 is 4.74 Å². The van der Waals surface area contributed by atoms with Crippen LogP contribution in [0.1, 0.15) is 32.3 Å². The quantitative estimate of drug-likeness (QED) is 0.428. The highest BCUT2D eigenvalue weighted by Gasteiger charge is 2.05. The Morgan fingerprint density at radius 1 is 1.26 bits per heavy atom. The maximum Gasteiger partial charge on any atom is 0.312 e. The van der Waals surface area contributed by atoms with E-state index in [4.69, 9.17) is 11.2 Å². The van der Waals surface area contributed by atoms with Crippen LogP contribution in [0.4, 0.5) is 0 Å². The third-order valence-electron chi connectivity index (χ3n) is 2.93. The van der Waals surface area contributed by atoms with Gasteiger partial charge in [0.05, 0.1) is 6.42 Å². The maximum atomic E-state index is 11.4. The summed E-state index contributed by atoms with van der Waals surface area (Å²) in [4.78, 5) is 13.7. The lowest BCUT2D eigenvalue weighted by molar-refractivity contribution is -0.134. The maximum absolute atomic E-state index is 11.4. The van der Waals surface area contributed by atoms with E-state index < -0.39 is 0 Å². The third-order valence-corrected chi connectivity index (χ3v) is 2.93. The summed E-state index contributed by atoms with van der Waals surface area (Å²) in [5.41, 5.74) is 1.21. The van der Waals surface area contributed by atoms with Crippen molar-refractivity contribution in [3.05, 3.63) is 29.8 Å².